The zero-order valence-electron chi connectivity index (χ0n) is 9.15. The van der Waals surface area contributed by atoms with Crippen LogP contribution in [0.15, 0.2) is 0 Å². The Kier molecular flexibility index (Phi) is 4.85. The SMILES string of the molecule is CC1CCCC(C)C1OC(CO)CO. The summed E-state index contributed by atoms with van der Waals surface area (Å²) in [6.07, 6.45) is 3.46. The summed E-state index contributed by atoms with van der Waals surface area (Å²) in [5.41, 5.74) is 0. The van der Waals surface area contributed by atoms with Crippen molar-refractivity contribution in [3.8, 4) is 0 Å². The van der Waals surface area contributed by atoms with Gasteiger partial charge in [0, 0.05) is 0 Å². The van der Waals surface area contributed by atoms with Crippen LogP contribution in [0.1, 0.15) is 33.1 Å². The maximum absolute atomic E-state index is 8.94. The Hall–Kier alpha value is -0.120. The summed E-state index contributed by atoms with van der Waals surface area (Å²) >= 11 is 0. The van der Waals surface area contributed by atoms with Crippen LogP contribution >= 0.6 is 0 Å². The molecule has 0 bridgehead atoms. The first-order chi connectivity index (χ1) is 6.69. The van der Waals surface area contributed by atoms with E-state index in [4.69, 9.17) is 14.9 Å². The minimum absolute atomic E-state index is 0.0908. The minimum Gasteiger partial charge on any atom is -0.394 e. The third-order valence-electron chi connectivity index (χ3n) is 3.20. The third-order valence-corrected chi connectivity index (χ3v) is 3.20. The van der Waals surface area contributed by atoms with Gasteiger partial charge in [-0.1, -0.05) is 20.3 Å². The highest BCUT2D eigenvalue weighted by Gasteiger charge is 2.30. The summed E-state index contributed by atoms with van der Waals surface area (Å²) in [4.78, 5) is 0. The van der Waals surface area contributed by atoms with Gasteiger partial charge in [-0.3, -0.25) is 0 Å². The summed E-state index contributed by atoms with van der Waals surface area (Å²) in [7, 11) is 0. The minimum atomic E-state index is -0.400. The predicted molar refractivity (Wildman–Crippen MR) is 55.0 cm³/mol. The van der Waals surface area contributed by atoms with Gasteiger partial charge in [0.1, 0.15) is 6.10 Å². The van der Waals surface area contributed by atoms with Crippen LogP contribution in [0.4, 0.5) is 0 Å². The zero-order valence-corrected chi connectivity index (χ0v) is 9.15. The Balaban J connectivity index is 2.46. The van der Waals surface area contributed by atoms with Gasteiger partial charge in [0.2, 0.25) is 0 Å². The standard InChI is InChI=1S/C11H22O3/c1-8-4-3-5-9(2)11(8)14-10(6-12)7-13/h8-13H,3-7H2,1-2H3. The summed E-state index contributed by atoms with van der Waals surface area (Å²) in [5, 5.41) is 17.9. The molecule has 1 aliphatic carbocycles. The van der Waals surface area contributed by atoms with Crippen LogP contribution in [0.25, 0.3) is 0 Å². The van der Waals surface area contributed by atoms with Crippen LogP contribution in [0.3, 0.4) is 0 Å². The van der Waals surface area contributed by atoms with Crippen molar-refractivity contribution >= 4 is 0 Å². The molecule has 1 rings (SSSR count). The number of hydrogen-bond donors (Lipinski definition) is 2. The molecular formula is C11H22O3. The molecular weight excluding hydrogens is 180 g/mol. The fourth-order valence-electron chi connectivity index (χ4n) is 2.29. The van der Waals surface area contributed by atoms with Gasteiger partial charge in [0.05, 0.1) is 19.3 Å². The first-order valence-corrected chi connectivity index (χ1v) is 5.56. The van der Waals surface area contributed by atoms with Crippen molar-refractivity contribution in [3.05, 3.63) is 0 Å². The van der Waals surface area contributed by atoms with E-state index >= 15 is 0 Å². The Labute approximate surface area is 86.1 Å². The average Bonchev–Trinajstić information content (AvgIpc) is 2.18. The van der Waals surface area contributed by atoms with Gasteiger partial charge < -0.3 is 14.9 Å². The quantitative estimate of drug-likeness (QED) is 0.719. The lowest BCUT2D eigenvalue weighted by Gasteiger charge is -2.36. The number of aliphatic hydroxyl groups excluding tert-OH is 2. The number of ether oxygens (including phenoxy) is 1. The van der Waals surface area contributed by atoms with Crippen LogP contribution in [0, 0.1) is 11.8 Å². The van der Waals surface area contributed by atoms with Gasteiger partial charge in [0.15, 0.2) is 0 Å². The molecule has 0 spiro atoms. The average molecular weight is 202 g/mol. The third kappa shape index (κ3) is 2.94. The van der Waals surface area contributed by atoms with E-state index in [2.05, 4.69) is 13.8 Å². The Morgan fingerprint density at radius 2 is 1.64 bits per heavy atom. The Morgan fingerprint density at radius 1 is 1.14 bits per heavy atom. The highest BCUT2D eigenvalue weighted by Crippen LogP contribution is 2.31. The van der Waals surface area contributed by atoms with Crippen molar-refractivity contribution in [1.82, 2.24) is 0 Å². The van der Waals surface area contributed by atoms with E-state index in [-0.39, 0.29) is 19.3 Å². The monoisotopic (exact) mass is 202 g/mol. The summed E-state index contributed by atoms with van der Waals surface area (Å²) < 4.78 is 5.71. The largest absolute Gasteiger partial charge is 0.394 e. The van der Waals surface area contributed by atoms with Gasteiger partial charge in [-0.2, -0.15) is 0 Å². The van der Waals surface area contributed by atoms with Gasteiger partial charge in [-0.25, -0.2) is 0 Å². The molecule has 84 valence electrons. The van der Waals surface area contributed by atoms with Crippen molar-refractivity contribution in [1.29, 1.82) is 0 Å². The maximum atomic E-state index is 8.94. The van der Waals surface area contributed by atoms with E-state index in [9.17, 15) is 0 Å². The van der Waals surface area contributed by atoms with Crippen molar-refractivity contribution < 1.29 is 14.9 Å². The smallest absolute Gasteiger partial charge is 0.104 e. The number of rotatable bonds is 4. The normalized spacial score (nSPS) is 33.6. The van der Waals surface area contributed by atoms with E-state index in [0.717, 1.165) is 0 Å². The summed E-state index contributed by atoms with van der Waals surface area (Å²) in [5.74, 6) is 1.08. The highest BCUT2D eigenvalue weighted by atomic mass is 16.5. The van der Waals surface area contributed by atoms with E-state index in [0.29, 0.717) is 11.8 Å². The van der Waals surface area contributed by atoms with Crippen LogP contribution in [-0.2, 0) is 4.74 Å². The molecule has 1 fully saturated rings. The molecule has 2 N–H and O–H groups in total. The first-order valence-electron chi connectivity index (χ1n) is 5.56. The predicted octanol–water partition coefficient (Wildman–Crippen LogP) is 1.18. The molecule has 2 atom stereocenters. The Bertz CT molecular complexity index is 147. The topological polar surface area (TPSA) is 49.7 Å². The molecule has 0 aromatic carbocycles. The second-order valence-corrected chi connectivity index (χ2v) is 4.47. The maximum Gasteiger partial charge on any atom is 0.104 e. The molecule has 1 aliphatic rings. The van der Waals surface area contributed by atoms with Crippen molar-refractivity contribution in [2.75, 3.05) is 13.2 Å². The summed E-state index contributed by atoms with van der Waals surface area (Å²) in [6, 6.07) is 0. The van der Waals surface area contributed by atoms with E-state index in [1.807, 2.05) is 0 Å². The molecule has 14 heavy (non-hydrogen) atoms. The highest BCUT2D eigenvalue weighted by molar-refractivity contribution is 4.79. The van der Waals surface area contributed by atoms with Crippen LogP contribution in [0.2, 0.25) is 0 Å². The fraction of sp³-hybridized carbons (Fsp3) is 1.00. The molecule has 0 amide bonds. The molecule has 0 radical (unpaired) electrons. The molecule has 0 aromatic heterocycles. The molecule has 0 heterocycles. The van der Waals surface area contributed by atoms with Gasteiger partial charge in [-0.05, 0) is 24.7 Å². The van der Waals surface area contributed by atoms with Crippen LogP contribution in [0.5, 0.6) is 0 Å². The molecule has 1 saturated carbocycles. The Morgan fingerprint density at radius 3 is 2.07 bits per heavy atom. The van der Waals surface area contributed by atoms with Crippen molar-refractivity contribution in [2.24, 2.45) is 11.8 Å². The van der Waals surface area contributed by atoms with Crippen molar-refractivity contribution in [3.63, 3.8) is 0 Å². The fourth-order valence-corrected chi connectivity index (χ4v) is 2.29. The van der Waals surface area contributed by atoms with E-state index < -0.39 is 6.10 Å². The van der Waals surface area contributed by atoms with Gasteiger partial charge in [0.25, 0.3) is 0 Å². The van der Waals surface area contributed by atoms with E-state index in [1.165, 1.54) is 19.3 Å². The lowest BCUT2D eigenvalue weighted by atomic mass is 9.80. The summed E-state index contributed by atoms with van der Waals surface area (Å²) in [6.45, 7) is 4.19. The molecule has 3 nitrogen and oxygen atoms in total. The second-order valence-electron chi connectivity index (χ2n) is 4.47. The van der Waals surface area contributed by atoms with E-state index in [1.54, 1.807) is 0 Å². The lowest BCUT2D eigenvalue weighted by Crippen LogP contribution is -2.38. The van der Waals surface area contributed by atoms with Crippen molar-refractivity contribution in [2.45, 2.75) is 45.3 Å². The number of hydrogen-bond acceptors (Lipinski definition) is 3. The first kappa shape index (κ1) is 12.0. The van der Waals surface area contributed by atoms with Crippen LogP contribution < -0.4 is 0 Å². The molecule has 2 unspecified atom stereocenters. The molecule has 3 heteroatoms. The van der Waals surface area contributed by atoms with Gasteiger partial charge in [-0.15, -0.1) is 0 Å². The molecule has 0 aliphatic heterocycles. The van der Waals surface area contributed by atoms with Crippen LogP contribution in [-0.4, -0.2) is 35.6 Å². The molecule has 0 saturated heterocycles. The second kappa shape index (κ2) is 5.69. The lowest BCUT2D eigenvalue weighted by molar-refractivity contribution is -0.112. The van der Waals surface area contributed by atoms with Gasteiger partial charge >= 0.3 is 0 Å². The molecule has 0 aromatic rings. The zero-order chi connectivity index (χ0) is 10.6. The number of aliphatic hydroxyl groups is 2.